The molecule has 0 aliphatic heterocycles. The van der Waals surface area contributed by atoms with E-state index in [-0.39, 0.29) is 0 Å². The van der Waals surface area contributed by atoms with Gasteiger partial charge in [-0.2, -0.15) is 0 Å². The quantitative estimate of drug-likeness (QED) is 0.313. The predicted octanol–water partition coefficient (Wildman–Crippen LogP) is 3.98. The van der Waals surface area contributed by atoms with Crippen molar-refractivity contribution in [1.29, 1.82) is 0 Å². The second-order valence-electron chi connectivity index (χ2n) is 3.16. The lowest BCUT2D eigenvalue weighted by Crippen LogP contribution is -1.88. The summed E-state index contributed by atoms with van der Waals surface area (Å²) in [7, 11) is 8.43. The summed E-state index contributed by atoms with van der Waals surface area (Å²) in [5, 5.41) is 2.72. The number of hydrogen-bond acceptors (Lipinski definition) is 0. The third-order valence-corrected chi connectivity index (χ3v) is 5.00. The Morgan fingerprint density at radius 2 is 2.00 bits per heavy atom. The molecule has 0 aromatic heterocycles. The van der Waals surface area contributed by atoms with Gasteiger partial charge in [0.2, 0.25) is 0 Å². The first-order valence-corrected chi connectivity index (χ1v) is 7.56. The van der Waals surface area contributed by atoms with E-state index in [1.807, 2.05) is 0 Å². The average Bonchev–Trinajstić information content (AvgIpc) is 2.11. The van der Waals surface area contributed by atoms with E-state index in [0.29, 0.717) is 5.66 Å². The number of halogens is 1. The first-order valence-electron chi connectivity index (χ1n) is 4.21. The molecule has 4 unspecified atom stereocenters. The van der Waals surface area contributed by atoms with Gasteiger partial charge < -0.3 is 0 Å². The Morgan fingerprint density at radius 3 is 2.38 bits per heavy atom. The van der Waals surface area contributed by atoms with Crippen LogP contribution in [0, 0.1) is 0 Å². The first-order chi connectivity index (χ1) is 5.99. The maximum absolute atomic E-state index is 2.82. The summed E-state index contributed by atoms with van der Waals surface area (Å²) >= 11 is 2.38. The maximum Gasteiger partial charge on any atom is 0.0249 e. The lowest BCUT2D eigenvalue weighted by atomic mass is 10.2. The third kappa shape index (κ3) is 6.56. The van der Waals surface area contributed by atoms with E-state index in [2.05, 4.69) is 70.2 Å². The van der Waals surface area contributed by atoms with E-state index in [1.165, 1.54) is 16.2 Å². The van der Waals surface area contributed by atoms with E-state index < -0.39 is 0 Å². The van der Waals surface area contributed by atoms with Gasteiger partial charge >= 0.3 is 0 Å². The Hall–Kier alpha value is 1.50. The Morgan fingerprint density at radius 1 is 1.46 bits per heavy atom. The highest BCUT2D eigenvalue weighted by Gasteiger charge is 1.98. The molecule has 0 radical (unpaired) electrons. The van der Waals surface area contributed by atoms with Crippen molar-refractivity contribution < 1.29 is 0 Å². The predicted molar refractivity (Wildman–Crippen MR) is 82.9 cm³/mol. The fourth-order valence-corrected chi connectivity index (χ4v) is 2.11. The lowest BCUT2D eigenvalue weighted by molar-refractivity contribution is 0.980. The van der Waals surface area contributed by atoms with Gasteiger partial charge in [0.25, 0.3) is 0 Å². The van der Waals surface area contributed by atoms with Gasteiger partial charge in [0.15, 0.2) is 0 Å². The highest BCUT2D eigenvalue weighted by Crippen LogP contribution is 2.26. The number of hydrogen-bond donors (Lipinski definition) is 0. The number of allylic oxidation sites excluding steroid dienone is 4. The molecule has 4 atom stereocenters. The molecule has 0 amide bonds. The van der Waals surface area contributed by atoms with Gasteiger partial charge in [0, 0.05) is 4.43 Å². The van der Waals surface area contributed by atoms with E-state index in [1.54, 1.807) is 0 Å². The van der Waals surface area contributed by atoms with Gasteiger partial charge in [-0.1, -0.05) is 35.6 Å². The molecule has 0 saturated heterocycles. The van der Waals surface area contributed by atoms with Crippen LogP contribution in [-0.4, -0.2) is 10.1 Å². The molecule has 0 bridgehead atoms. The Bertz CT molecular complexity index is 219. The van der Waals surface area contributed by atoms with Crippen LogP contribution in [0.5, 0.6) is 0 Å². The molecule has 0 rings (SSSR count). The molecule has 0 fully saturated rings. The molecular formula is C9H18IP3. The highest BCUT2D eigenvalue weighted by molar-refractivity contribution is 14.1. The minimum atomic E-state index is 0.663. The van der Waals surface area contributed by atoms with Crippen molar-refractivity contribution >= 4 is 50.3 Å². The third-order valence-electron chi connectivity index (χ3n) is 1.77. The molecule has 0 N–H and O–H groups in total. The Kier molecular flexibility index (Phi) is 8.64. The zero-order chi connectivity index (χ0) is 10.4. The maximum atomic E-state index is 2.82. The molecule has 76 valence electrons. The van der Waals surface area contributed by atoms with Crippen LogP contribution < -0.4 is 0 Å². The fourth-order valence-electron chi connectivity index (χ4n) is 0.752. The summed E-state index contributed by atoms with van der Waals surface area (Å²) in [5.41, 5.74) is 2.05. The van der Waals surface area contributed by atoms with Crippen LogP contribution in [0.3, 0.4) is 0 Å². The van der Waals surface area contributed by atoms with Gasteiger partial charge in [-0.3, -0.25) is 0 Å². The van der Waals surface area contributed by atoms with Crippen molar-refractivity contribution in [3.63, 3.8) is 0 Å². The molecule has 0 heterocycles. The van der Waals surface area contributed by atoms with Crippen LogP contribution in [0.1, 0.15) is 20.3 Å². The normalized spacial score (nSPS) is 16.9. The molecule has 0 aromatic rings. The Labute approximate surface area is 103 Å². The van der Waals surface area contributed by atoms with Crippen molar-refractivity contribution in [2.75, 3.05) is 4.43 Å². The van der Waals surface area contributed by atoms with Gasteiger partial charge in [0.1, 0.15) is 0 Å². The minimum Gasteiger partial charge on any atom is -0.134 e. The topological polar surface area (TPSA) is 0 Å². The average molecular weight is 346 g/mol. The zero-order valence-electron chi connectivity index (χ0n) is 8.18. The molecule has 0 saturated carbocycles. The summed E-state index contributed by atoms with van der Waals surface area (Å²) in [6.07, 6.45) is 3.41. The van der Waals surface area contributed by atoms with E-state index >= 15 is 0 Å². The summed E-state index contributed by atoms with van der Waals surface area (Å²) in [5.74, 6) is 0. The van der Waals surface area contributed by atoms with Gasteiger partial charge in [0.05, 0.1) is 0 Å². The van der Waals surface area contributed by atoms with Crippen LogP contribution in [-0.2, 0) is 0 Å². The highest BCUT2D eigenvalue weighted by atomic mass is 127. The van der Waals surface area contributed by atoms with Crippen molar-refractivity contribution in [3.8, 4) is 0 Å². The molecule has 0 nitrogen and oxygen atoms in total. The van der Waals surface area contributed by atoms with Crippen molar-refractivity contribution in [2.45, 2.75) is 25.9 Å². The summed E-state index contributed by atoms with van der Waals surface area (Å²) in [4.78, 5) is 0. The molecule has 4 heteroatoms. The SMILES string of the molecule is CC(/C(P)=C\CC(C)P)=C(\P)CI. The lowest BCUT2D eigenvalue weighted by Gasteiger charge is -2.06. The Balaban J connectivity index is 4.41. The van der Waals surface area contributed by atoms with Crippen LogP contribution in [0.15, 0.2) is 22.3 Å². The summed E-state index contributed by atoms with van der Waals surface area (Å²) in [6, 6.07) is 0. The minimum absolute atomic E-state index is 0.663. The monoisotopic (exact) mass is 346 g/mol. The van der Waals surface area contributed by atoms with Crippen molar-refractivity contribution in [1.82, 2.24) is 0 Å². The molecule has 13 heavy (non-hydrogen) atoms. The standard InChI is InChI=1S/C9H18IP3/c1-6(11)3-4-8(12)7(2)9(13)5-10/h4,6H,3,5,11-13H2,1-2H3/b8-4+,9-7+. The number of rotatable bonds is 4. The molecule has 0 aliphatic carbocycles. The second-order valence-corrected chi connectivity index (χ2v) is 6.38. The largest absolute Gasteiger partial charge is 0.134 e. The molecule has 0 spiro atoms. The van der Waals surface area contributed by atoms with Crippen molar-refractivity contribution in [2.24, 2.45) is 0 Å². The van der Waals surface area contributed by atoms with Crippen LogP contribution in [0.25, 0.3) is 0 Å². The van der Waals surface area contributed by atoms with Crippen molar-refractivity contribution in [3.05, 3.63) is 22.3 Å². The van der Waals surface area contributed by atoms with Gasteiger partial charge in [-0.05, 0) is 35.2 Å². The van der Waals surface area contributed by atoms with E-state index in [0.717, 1.165) is 10.8 Å². The number of alkyl halides is 1. The molecular weight excluding hydrogens is 328 g/mol. The van der Waals surface area contributed by atoms with Gasteiger partial charge in [-0.25, -0.2) is 0 Å². The summed E-state index contributed by atoms with van der Waals surface area (Å²) in [6.45, 7) is 4.38. The molecule has 0 aliphatic rings. The second kappa shape index (κ2) is 7.75. The van der Waals surface area contributed by atoms with E-state index in [4.69, 9.17) is 0 Å². The summed E-state index contributed by atoms with van der Waals surface area (Å²) < 4.78 is 1.08. The zero-order valence-corrected chi connectivity index (χ0v) is 13.8. The van der Waals surface area contributed by atoms with E-state index in [9.17, 15) is 0 Å². The van der Waals surface area contributed by atoms with Crippen LogP contribution in [0.4, 0.5) is 0 Å². The molecule has 0 aromatic carbocycles. The smallest absolute Gasteiger partial charge is 0.0249 e. The first kappa shape index (κ1) is 14.5. The van der Waals surface area contributed by atoms with Crippen LogP contribution >= 0.6 is 50.3 Å². The van der Waals surface area contributed by atoms with Gasteiger partial charge in [-0.15, -0.1) is 27.7 Å². The van der Waals surface area contributed by atoms with Crippen LogP contribution in [0.2, 0.25) is 0 Å². The fraction of sp³-hybridized carbons (Fsp3) is 0.556.